The third-order valence-electron chi connectivity index (χ3n) is 4.07. The number of hydrogen-bond donors (Lipinski definition) is 0. The summed E-state index contributed by atoms with van der Waals surface area (Å²) in [5.41, 5.74) is -1.18. The first-order chi connectivity index (χ1) is 12.2. The number of sulfonamides is 1. The monoisotopic (exact) mass is 404 g/mol. The van der Waals surface area contributed by atoms with Gasteiger partial charge < -0.3 is 4.90 Å². The maximum atomic E-state index is 13.1. The highest BCUT2D eigenvalue weighted by atomic mass is 32.2. The molecule has 0 bridgehead atoms. The number of hydrogen-bond acceptors (Lipinski definition) is 4. The van der Waals surface area contributed by atoms with E-state index in [0.29, 0.717) is 4.88 Å². The van der Waals surface area contributed by atoms with Gasteiger partial charge in [0.1, 0.15) is 0 Å². The molecule has 2 heterocycles. The van der Waals surface area contributed by atoms with Crippen molar-refractivity contribution in [1.82, 2.24) is 9.21 Å². The molecule has 140 valence electrons. The van der Waals surface area contributed by atoms with Crippen LogP contribution in [0.3, 0.4) is 0 Å². The lowest BCUT2D eigenvalue weighted by atomic mass is 10.2. The van der Waals surface area contributed by atoms with Gasteiger partial charge in [-0.1, -0.05) is 18.2 Å². The molecule has 5 nitrogen and oxygen atoms in total. The van der Waals surface area contributed by atoms with Gasteiger partial charge in [0.2, 0.25) is 10.0 Å². The quantitative estimate of drug-likeness (QED) is 0.791. The van der Waals surface area contributed by atoms with Crippen molar-refractivity contribution in [2.45, 2.75) is 11.1 Å². The molecule has 0 saturated carbocycles. The Labute approximate surface area is 152 Å². The molecule has 0 radical (unpaired) electrons. The summed E-state index contributed by atoms with van der Waals surface area (Å²) in [5.74, 6) is -0.201. The second-order valence-corrected chi connectivity index (χ2v) is 8.52. The predicted molar refractivity (Wildman–Crippen MR) is 90.4 cm³/mol. The fourth-order valence-corrected chi connectivity index (χ4v) is 5.08. The van der Waals surface area contributed by atoms with Crippen LogP contribution in [0, 0.1) is 0 Å². The highest BCUT2D eigenvalue weighted by molar-refractivity contribution is 7.89. The third-order valence-corrected chi connectivity index (χ3v) is 6.88. The van der Waals surface area contributed by atoms with Crippen molar-refractivity contribution >= 4 is 27.3 Å². The van der Waals surface area contributed by atoms with E-state index in [1.807, 2.05) is 0 Å². The van der Waals surface area contributed by atoms with Crippen molar-refractivity contribution in [3.63, 3.8) is 0 Å². The molecule has 0 spiro atoms. The Hall–Kier alpha value is -1.91. The van der Waals surface area contributed by atoms with Crippen LogP contribution >= 0.6 is 11.3 Å². The van der Waals surface area contributed by atoms with E-state index in [4.69, 9.17) is 0 Å². The molecule has 0 atom stereocenters. The number of benzene rings is 1. The Bertz CT molecular complexity index is 888. The summed E-state index contributed by atoms with van der Waals surface area (Å²) >= 11 is 1.28. The minimum absolute atomic E-state index is 0.0500. The standard InChI is InChI=1S/C16H15F3N2O3S2/c17-16(18,19)12-4-1-2-6-14(12)26(23,24)21-9-7-20(8-10-21)15(22)13-5-3-11-25-13/h1-6,11H,7-10H2. The molecule has 2 aromatic rings. The lowest BCUT2D eigenvalue weighted by Crippen LogP contribution is -2.50. The van der Waals surface area contributed by atoms with Crippen LogP contribution < -0.4 is 0 Å². The highest BCUT2D eigenvalue weighted by Crippen LogP contribution is 2.35. The molecule has 1 aromatic heterocycles. The van der Waals surface area contributed by atoms with E-state index in [1.165, 1.54) is 22.3 Å². The number of halogens is 3. The second kappa shape index (κ2) is 7.01. The Morgan fingerprint density at radius 1 is 1.00 bits per heavy atom. The van der Waals surface area contributed by atoms with Gasteiger partial charge in [-0.3, -0.25) is 4.79 Å². The van der Waals surface area contributed by atoms with Crippen LogP contribution in [0.2, 0.25) is 0 Å². The van der Waals surface area contributed by atoms with E-state index in [-0.39, 0.29) is 32.1 Å². The molecule has 10 heteroatoms. The van der Waals surface area contributed by atoms with Gasteiger partial charge in [0.05, 0.1) is 15.3 Å². The summed E-state index contributed by atoms with van der Waals surface area (Å²) in [5, 5.41) is 1.77. The topological polar surface area (TPSA) is 57.7 Å². The average Bonchev–Trinajstić information content (AvgIpc) is 3.15. The lowest BCUT2D eigenvalue weighted by molar-refractivity contribution is -0.139. The summed E-state index contributed by atoms with van der Waals surface area (Å²) in [7, 11) is -4.30. The highest BCUT2D eigenvalue weighted by Gasteiger charge is 2.39. The molecule has 3 rings (SSSR count). The molecule has 1 saturated heterocycles. The summed E-state index contributed by atoms with van der Waals surface area (Å²) < 4.78 is 65.8. The zero-order valence-electron chi connectivity index (χ0n) is 13.4. The molecule has 26 heavy (non-hydrogen) atoms. The van der Waals surface area contributed by atoms with Crippen molar-refractivity contribution in [3.05, 3.63) is 52.2 Å². The van der Waals surface area contributed by atoms with Gasteiger partial charge in [0.25, 0.3) is 5.91 Å². The van der Waals surface area contributed by atoms with Gasteiger partial charge in [0, 0.05) is 26.2 Å². The minimum atomic E-state index is -4.76. The van der Waals surface area contributed by atoms with E-state index < -0.39 is 26.7 Å². The van der Waals surface area contributed by atoms with Gasteiger partial charge in [-0.2, -0.15) is 17.5 Å². The fourth-order valence-electron chi connectivity index (χ4n) is 2.75. The van der Waals surface area contributed by atoms with Crippen LogP contribution in [0.25, 0.3) is 0 Å². The molecule has 1 fully saturated rings. The summed E-state index contributed by atoms with van der Waals surface area (Å²) in [6.07, 6.45) is -4.76. The van der Waals surface area contributed by atoms with E-state index in [2.05, 4.69) is 0 Å². The lowest BCUT2D eigenvalue weighted by Gasteiger charge is -2.34. The summed E-state index contributed by atoms with van der Waals surface area (Å²) in [6.45, 7) is 0.158. The Balaban J connectivity index is 1.78. The molecule has 0 aliphatic carbocycles. The molecule has 0 N–H and O–H groups in total. The normalized spacial score (nSPS) is 16.7. The maximum Gasteiger partial charge on any atom is 0.417 e. The van der Waals surface area contributed by atoms with Crippen molar-refractivity contribution in [2.24, 2.45) is 0 Å². The molecule has 1 aliphatic rings. The molecule has 1 aromatic carbocycles. The van der Waals surface area contributed by atoms with E-state index in [9.17, 15) is 26.4 Å². The number of nitrogens with zero attached hydrogens (tertiary/aromatic N) is 2. The predicted octanol–water partition coefficient (Wildman–Crippen LogP) is 2.91. The van der Waals surface area contributed by atoms with Crippen LogP contribution in [-0.2, 0) is 16.2 Å². The number of alkyl halides is 3. The van der Waals surface area contributed by atoms with Crippen LogP contribution in [-0.4, -0.2) is 49.7 Å². The average molecular weight is 404 g/mol. The summed E-state index contributed by atoms with van der Waals surface area (Å²) in [6, 6.07) is 7.55. The van der Waals surface area contributed by atoms with E-state index in [0.717, 1.165) is 22.5 Å². The number of amides is 1. The maximum absolute atomic E-state index is 13.1. The van der Waals surface area contributed by atoms with Gasteiger partial charge in [0.15, 0.2) is 0 Å². The zero-order chi connectivity index (χ0) is 18.9. The Morgan fingerprint density at radius 2 is 1.65 bits per heavy atom. The van der Waals surface area contributed by atoms with Gasteiger partial charge in [-0.25, -0.2) is 8.42 Å². The number of thiophene rings is 1. The molecular formula is C16H15F3N2O3S2. The van der Waals surface area contributed by atoms with Gasteiger partial charge in [-0.05, 0) is 23.6 Å². The van der Waals surface area contributed by atoms with E-state index >= 15 is 0 Å². The number of carbonyl (C=O) groups is 1. The van der Waals surface area contributed by atoms with Crippen molar-refractivity contribution in [3.8, 4) is 0 Å². The third kappa shape index (κ3) is 3.62. The van der Waals surface area contributed by atoms with Gasteiger partial charge >= 0.3 is 6.18 Å². The van der Waals surface area contributed by atoms with Crippen molar-refractivity contribution in [2.75, 3.05) is 26.2 Å². The fraction of sp³-hybridized carbons (Fsp3) is 0.312. The molecule has 1 amide bonds. The Kier molecular flexibility index (Phi) is 5.09. The largest absolute Gasteiger partial charge is 0.417 e. The van der Waals surface area contributed by atoms with Crippen LogP contribution in [0.5, 0.6) is 0 Å². The first-order valence-electron chi connectivity index (χ1n) is 7.70. The first-order valence-corrected chi connectivity index (χ1v) is 10.0. The molecule has 0 unspecified atom stereocenters. The summed E-state index contributed by atoms with van der Waals surface area (Å²) in [4.78, 5) is 13.6. The Morgan fingerprint density at radius 3 is 2.23 bits per heavy atom. The first kappa shape index (κ1) is 18.9. The van der Waals surface area contributed by atoms with Crippen LogP contribution in [0.1, 0.15) is 15.2 Å². The number of carbonyl (C=O) groups excluding carboxylic acids is 1. The number of rotatable bonds is 3. The van der Waals surface area contributed by atoms with E-state index in [1.54, 1.807) is 17.5 Å². The van der Waals surface area contributed by atoms with Crippen molar-refractivity contribution < 1.29 is 26.4 Å². The van der Waals surface area contributed by atoms with Crippen molar-refractivity contribution in [1.29, 1.82) is 0 Å². The van der Waals surface area contributed by atoms with Crippen LogP contribution in [0.15, 0.2) is 46.7 Å². The minimum Gasteiger partial charge on any atom is -0.335 e. The zero-order valence-corrected chi connectivity index (χ0v) is 15.1. The second-order valence-electron chi connectivity index (χ2n) is 5.67. The molecule has 1 aliphatic heterocycles. The number of piperazine rings is 1. The van der Waals surface area contributed by atoms with Gasteiger partial charge in [-0.15, -0.1) is 11.3 Å². The van der Waals surface area contributed by atoms with Crippen LogP contribution in [0.4, 0.5) is 13.2 Å². The smallest absolute Gasteiger partial charge is 0.335 e. The molecular weight excluding hydrogens is 389 g/mol. The SMILES string of the molecule is O=C(c1cccs1)N1CCN(S(=O)(=O)c2ccccc2C(F)(F)F)CC1.